The van der Waals surface area contributed by atoms with Crippen LogP contribution in [0.25, 0.3) is 16.7 Å². The number of amides is 1. The lowest BCUT2D eigenvalue weighted by molar-refractivity contribution is -0.115. The number of aryl methyl sites for hydroxylation is 3. The number of carbonyl (C=O) groups excluding carboxylic acids is 1. The maximum Gasteiger partial charge on any atom is 0.336 e. The molecule has 0 spiro atoms. The normalized spacial score (nSPS) is 11.0. The monoisotopic (exact) mass is 387 g/mol. The van der Waals surface area contributed by atoms with E-state index >= 15 is 0 Å². The first-order valence-corrected chi connectivity index (χ1v) is 9.36. The zero-order chi connectivity index (χ0) is 20.5. The summed E-state index contributed by atoms with van der Waals surface area (Å²) in [6.45, 7) is 5.82. The second-order valence-electron chi connectivity index (χ2n) is 7.19. The fourth-order valence-electron chi connectivity index (χ4n) is 3.44. The lowest BCUT2D eigenvalue weighted by atomic mass is 10.1. The van der Waals surface area contributed by atoms with E-state index in [9.17, 15) is 9.59 Å². The Morgan fingerprint density at radius 3 is 2.48 bits per heavy atom. The zero-order valence-corrected chi connectivity index (χ0v) is 16.5. The van der Waals surface area contributed by atoms with Gasteiger partial charge in [0.05, 0.1) is 17.8 Å². The maximum atomic E-state index is 12.4. The minimum Gasteiger partial charge on any atom is -0.423 e. The van der Waals surface area contributed by atoms with E-state index in [2.05, 4.69) is 10.4 Å². The maximum absolute atomic E-state index is 12.4. The van der Waals surface area contributed by atoms with E-state index in [4.69, 9.17) is 4.42 Å². The Hall–Kier alpha value is -3.67. The van der Waals surface area contributed by atoms with E-state index < -0.39 is 5.63 Å². The number of carbonyl (C=O) groups is 1. The predicted octanol–water partition coefficient (Wildman–Crippen LogP) is 4.09. The topological polar surface area (TPSA) is 77.1 Å². The number of hydrogen-bond donors (Lipinski definition) is 1. The molecule has 0 radical (unpaired) electrons. The SMILES string of the molecule is Cc1cc(C)n(-c2ccc(CC(=O)Nc3ccc4c(C)cc(=O)oc4c3)cc2)n1. The largest absolute Gasteiger partial charge is 0.423 e. The van der Waals surface area contributed by atoms with E-state index in [1.54, 1.807) is 12.1 Å². The van der Waals surface area contributed by atoms with Crippen molar-refractivity contribution < 1.29 is 9.21 Å². The fraction of sp³-hybridized carbons (Fsp3) is 0.174. The summed E-state index contributed by atoms with van der Waals surface area (Å²) in [6.07, 6.45) is 0.243. The molecule has 0 fully saturated rings. The Morgan fingerprint density at radius 2 is 1.79 bits per heavy atom. The molecule has 1 amide bonds. The van der Waals surface area contributed by atoms with Gasteiger partial charge in [0.1, 0.15) is 5.58 Å². The molecule has 0 bridgehead atoms. The summed E-state index contributed by atoms with van der Waals surface area (Å²) in [5, 5.41) is 8.18. The first kappa shape index (κ1) is 18.7. The fourth-order valence-corrected chi connectivity index (χ4v) is 3.44. The van der Waals surface area contributed by atoms with Crippen LogP contribution in [0.1, 0.15) is 22.5 Å². The average molecular weight is 387 g/mol. The van der Waals surface area contributed by atoms with Crippen molar-refractivity contribution in [2.45, 2.75) is 27.2 Å². The summed E-state index contributed by atoms with van der Waals surface area (Å²) < 4.78 is 7.11. The molecule has 2 aromatic carbocycles. The highest BCUT2D eigenvalue weighted by Crippen LogP contribution is 2.21. The van der Waals surface area contributed by atoms with Gasteiger partial charge >= 0.3 is 5.63 Å². The molecular formula is C23H21N3O3. The molecule has 4 rings (SSSR count). The highest BCUT2D eigenvalue weighted by atomic mass is 16.4. The van der Waals surface area contributed by atoms with Crippen LogP contribution in [0.3, 0.4) is 0 Å². The van der Waals surface area contributed by atoms with Crippen molar-refractivity contribution in [1.82, 2.24) is 9.78 Å². The van der Waals surface area contributed by atoms with Crippen LogP contribution >= 0.6 is 0 Å². The van der Waals surface area contributed by atoms with Crippen molar-refractivity contribution in [2.24, 2.45) is 0 Å². The van der Waals surface area contributed by atoms with E-state index in [0.717, 1.165) is 33.6 Å². The second-order valence-corrected chi connectivity index (χ2v) is 7.19. The van der Waals surface area contributed by atoms with Gasteiger partial charge in [0, 0.05) is 28.9 Å². The Bertz CT molecular complexity index is 1270. The third kappa shape index (κ3) is 3.96. The van der Waals surface area contributed by atoms with Crippen LogP contribution in [-0.2, 0) is 11.2 Å². The van der Waals surface area contributed by atoms with Gasteiger partial charge in [0.15, 0.2) is 0 Å². The number of benzene rings is 2. The van der Waals surface area contributed by atoms with Gasteiger partial charge in [-0.1, -0.05) is 12.1 Å². The number of rotatable bonds is 4. The van der Waals surface area contributed by atoms with Crippen LogP contribution < -0.4 is 10.9 Å². The molecule has 1 N–H and O–H groups in total. The van der Waals surface area contributed by atoms with Crippen LogP contribution in [0.2, 0.25) is 0 Å². The van der Waals surface area contributed by atoms with Gasteiger partial charge in [0.25, 0.3) is 0 Å². The lowest BCUT2D eigenvalue weighted by Crippen LogP contribution is -2.14. The van der Waals surface area contributed by atoms with Crippen LogP contribution in [0.4, 0.5) is 5.69 Å². The van der Waals surface area contributed by atoms with Crippen molar-refractivity contribution in [1.29, 1.82) is 0 Å². The predicted molar refractivity (Wildman–Crippen MR) is 113 cm³/mol. The molecule has 0 aliphatic carbocycles. The van der Waals surface area contributed by atoms with Gasteiger partial charge in [-0.15, -0.1) is 0 Å². The average Bonchev–Trinajstić information content (AvgIpc) is 3.00. The summed E-state index contributed by atoms with van der Waals surface area (Å²) in [6, 6.07) is 16.6. The van der Waals surface area contributed by atoms with Gasteiger partial charge in [-0.2, -0.15) is 5.10 Å². The van der Waals surface area contributed by atoms with Crippen molar-refractivity contribution in [2.75, 3.05) is 5.32 Å². The van der Waals surface area contributed by atoms with Gasteiger partial charge in [-0.05, 0) is 62.2 Å². The van der Waals surface area contributed by atoms with Crippen LogP contribution in [0.5, 0.6) is 0 Å². The molecule has 2 heterocycles. The minimum absolute atomic E-state index is 0.141. The van der Waals surface area contributed by atoms with E-state index in [0.29, 0.717) is 11.3 Å². The quantitative estimate of drug-likeness (QED) is 0.535. The molecule has 0 aliphatic rings. The van der Waals surface area contributed by atoms with Crippen LogP contribution in [0, 0.1) is 20.8 Å². The number of aromatic nitrogens is 2. The first-order chi connectivity index (χ1) is 13.9. The molecule has 0 saturated heterocycles. The summed E-state index contributed by atoms with van der Waals surface area (Å²) in [7, 11) is 0. The molecule has 0 unspecified atom stereocenters. The number of anilines is 1. The molecular weight excluding hydrogens is 366 g/mol. The molecule has 0 aliphatic heterocycles. The Labute approximate surface area is 167 Å². The molecule has 6 heteroatoms. The Kier molecular flexibility index (Phi) is 4.76. The van der Waals surface area contributed by atoms with Gasteiger partial charge < -0.3 is 9.73 Å². The van der Waals surface area contributed by atoms with Crippen molar-refractivity contribution in [3.05, 3.63) is 87.5 Å². The van der Waals surface area contributed by atoms with Crippen LogP contribution in [0.15, 0.2) is 63.8 Å². The zero-order valence-electron chi connectivity index (χ0n) is 16.5. The molecule has 146 valence electrons. The molecule has 4 aromatic rings. The minimum atomic E-state index is -0.402. The first-order valence-electron chi connectivity index (χ1n) is 9.36. The molecule has 0 atom stereocenters. The molecule has 0 saturated carbocycles. The molecule has 6 nitrogen and oxygen atoms in total. The Balaban J connectivity index is 1.48. The van der Waals surface area contributed by atoms with Gasteiger partial charge in [0.2, 0.25) is 5.91 Å². The molecule has 2 aromatic heterocycles. The standard InChI is InChI=1S/C23H21N3O3/c1-14-10-23(28)29-21-13-18(6-9-20(14)21)24-22(27)12-17-4-7-19(8-5-17)26-16(3)11-15(2)25-26/h4-11,13H,12H2,1-3H3,(H,24,27). The third-order valence-corrected chi connectivity index (χ3v) is 4.79. The Morgan fingerprint density at radius 1 is 1.03 bits per heavy atom. The van der Waals surface area contributed by atoms with Crippen molar-refractivity contribution in [3.63, 3.8) is 0 Å². The van der Waals surface area contributed by atoms with E-state index in [1.165, 1.54) is 6.07 Å². The lowest BCUT2D eigenvalue weighted by Gasteiger charge is -2.08. The van der Waals surface area contributed by atoms with Gasteiger partial charge in [-0.25, -0.2) is 9.48 Å². The number of nitrogens with zero attached hydrogens (tertiary/aromatic N) is 2. The van der Waals surface area contributed by atoms with Crippen molar-refractivity contribution >= 4 is 22.6 Å². The highest BCUT2D eigenvalue weighted by Gasteiger charge is 2.09. The summed E-state index contributed by atoms with van der Waals surface area (Å²) in [5.41, 5.74) is 5.38. The van der Waals surface area contributed by atoms with E-state index in [1.807, 2.05) is 61.9 Å². The number of hydrogen-bond acceptors (Lipinski definition) is 4. The van der Waals surface area contributed by atoms with Crippen molar-refractivity contribution in [3.8, 4) is 5.69 Å². The van der Waals surface area contributed by atoms with E-state index in [-0.39, 0.29) is 12.3 Å². The summed E-state index contributed by atoms with van der Waals surface area (Å²) in [5.74, 6) is -0.141. The summed E-state index contributed by atoms with van der Waals surface area (Å²) >= 11 is 0. The highest BCUT2D eigenvalue weighted by molar-refractivity contribution is 5.94. The molecule has 29 heavy (non-hydrogen) atoms. The second kappa shape index (κ2) is 7.39. The van der Waals surface area contributed by atoms with Gasteiger partial charge in [-0.3, -0.25) is 4.79 Å². The number of nitrogens with one attached hydrogen (secondary N) is 1. The van der Waals surface area contributed by atoms with Crippen LogP contribution in [-0.4, -0.2) is 15.7 Å². The summed E-state index contributed by atoms with van der Waals surface area (Å²) in [4.78, 5) is 24.0. The third-order valence-electron chi connectivity index (χ3n) is 4.79. The number of fused-ring (bicyclic) bond motifs is 1. The smallest absolute Gasteiger partial charge is 0.336 e.